The Morgan fingerprint density at radius 2 is 0.639 bits per heavy atom. The number of anilines is 3. The Balaban J connectivity index is 1.26. The molecule has 9 rings (SSSR count). The van der Waals surface area contributed by atoms with Crippen LogP contribution in [0, 0.1) is 0 Å². The predicted octanol–water partition coefficient (Wildman–Crippen LogP) is 17.0. The highest BCUT2D eigenvalue weighted by Crippen LogP contribution is 2.53. The molecule has 0 fully saturated rings. The smallest absolute Gasteiger partial charge is 0.0461 e. The Hall–Kier alpha value is -6.70. The second-order valence-corrected chi connectivity index (χ2v) is 16.5. The molecular formula is C60H55N. The fourth-order valence-corrected chi connectivity index (χ4v) is 10.6. The molecule has 1 heteroatoms. The first-order chi connectivity index (χ1) is 30.1. The number of hydrogen-bond donors (Lipinski definition) is 0. The third-order valence-electron chi connectivity index (χ3n) is 13.8. The molecule has 0 saturated heterocycles. The maximum atomic E-state index is 2.51. The maximum absolute atomic E-state index is 2.51. The van der Waals surface area contributed by atoms with Gasteiger partial charge in [-0.05, 0) is 134 Å². The van der Waals surface area contributed by atoms with E-state index >= 15 is 0 Å². The minimum atomic E-state index is -0.239. The van der Waals surface area contributed by atoms with Crippen molar-refractivity contribution in [1.29, 1.82) is 0 Å². The van der Waals surface area contributed by atoms with Gasteiger partial charge in [0, 0.05) is 27.9 Å². The largest absolute Gasteiger partial charge is 0.311 e. The summed E-state index contributed by atoms with van der Waals surface area (Å²) in [4.78, 5) is 2.35. The van der Waals surface area contributed by atoms with Crippen molar-refractivity contribution in [3.05, 3.63) is 235 Å². The molecule has 0 saturated carbocycles. The number of nitrogens with zero attached hydrogens (tertiary/aromatic N) is 1. The summed E-state index contributed by atoms with van der Waals surface area (Å²) in [6.07, 6.45) is 3.91. The highest BCUT2D eigenvalue weighted by molar-refractivity contribution is 6.08. The zero-order chi connectivity index (χ0) is 41.8. The lowest BCUT2D eigenvalue weighted by atomic mass is 9.63. The summed E-state index contributed by atoms with van der Waals surface area (Å²) < 4.78 is 0. The first kappa shape index (κ1) is 39.7. The van der Waals surface area contributed by atoms with Crippen molar-refractivity contribution >= 4 is 38.6 Å². The second-order valence-electron chi connectivity index (χ2n) is 16.5. The van der Waals surface area contributed by atoms with Crippen LogP contribution >= 0.6 is 0 Å². The molecule has 0 heterocycles. The molecular weight excluding hydrogens is 735 g/mol. The fourth-order valence-electron chi connectivity index (χ4n) is 10.6. The molecule has 1 nitrogen and oxygen atoms in total. The lowest BCUT2D eigenvalue weighted by molar-refractivity contribution is 0.481. The highest BCUT2D eigenvalue weighted by Gasteiger charge is 2.39. The van der Waals surface area contributed by atoms with E-state index in [9.17, 15) is 0 Å². The van der Waals surface area contributed by atoms with E-state index in [1.807, 2.05) is 0 Å². The standard InChI is InChI=1S/C60H55N/c1-5-59(6-2,46-37-40-50(41-38-46)61(48-29-17-11-18-30-48)49-31-19-12-20-32-49)57-52-33-21-23-35-54(52)58(55-36-24-22-34-53(55)57)60(7-3,8-4)47-39-42-51(44-25-13-9-14-26-44)56(43-47)45-27-15-10-16-28-45/h9-43H,5-8H2,1-4H3. The summed E-state index contributed by atoms with van der Waals surface area (Å²) in [6.45, 7) is 9.56. The van der Waals surface area contributed by atoms with Crippen LogP contribution in [0.1, 0.15) is 75.6 Å². The molecule has 0 N–H and O–H groups in total. The van der Waals surface area contributed by atoms with Crippen LogP contribution in [0.4, 0.5) is 17.1 Å². The lowest BCUT2D eigenvalue weighted by Crippen LogP contribution is -2.30. The van der Waals surface area contributed by atoms with Crippen LogP contribution in [-0.2, 0) is 10.8 Å². The van der Waals surface area contributed by atoms with E-state index < -0.39 is 0 Å². The van der Waals surface area contributed by atoms with Crippen LogP contribution in [0.2, 0.25) is 0 Å². The molecule has 0 aliphatic carbocycles. The summed E-state index contributed by atoms with van der Waals surface area (Å²) in [5.74, 6) is 0. The Morgan fingerprint density at radius 3 is 1.05 bits per heavy atom. The van der Waals surface area contributed by atoms with Gasteiger partial charge < -0.3 is 4.90 Å². The number of rotatable bonds is 13. The number of hydrogen-bond acceptors (Lipinski definition) is 1. The molecule has 300 valence electrons. The molecule has 0 atom stereocenters. The third kappa shape index (κ3) is 6.93. The molecule has 9 aromatic rings. The van der Waals surface area contributed by atoms with Crippen molar-refractivity contribution in [2.24, 2.45) is 0 Å². The zero-order valence-corrected chi connectivity index (χ0v) is 36.0. The Morgan fingerprint density at radius 1 is 0.311 bits per heavy atom. The van der Waals surface area contributed by atoms with Gasteiger partial charge in [-0.3, -0.25) is 0 Å². The first-order valence-electron chi connectivity index (χ1n) is 22.3. The van der Waals surface area contributed by atoms with E-state index in [0.29, 0.717) is 0 Å². The van der Waals surface area contributed by atoms with E-state index in [-0.39, 0.29) is 10.8 Å². The first-order valence-corrected chi connectivity index (χ1v) is 22.3. The number of para-hydroxylation sites is 2. The molecule has 61 heavy (non-hydrogen) atoms. The molecule has 0 bridgehead atoms. The molecule has 0 aliphatic rings. The number of benzene rings is 9. The third-order valence-corrected chi connectivity index (χ3v) is 13.8. The summed E-state index contributed by atoms with van der Waals surface area (Å²) in [6, 6.07) is 78.6. The van der Waals surface area contributed by atoms with Gasteiger partial charge in [0.15, 0.2) is 0 Å². The summed E-state index contributed by atoms with van der Waals surface area (Å²) >= 11 is 0. The van der Waals surface area contributed by atoms with Crippen LogP contribution in [-0.4, -0.2) is 0 Å². The van der Waals surface area contributed by atoms with Gasteiger partial charge in [0.1, 0.15) is 0 Å². The van der Waals surface area contributed by atoms with Gasteiger partial charge in [-0.2, -0.15) is 0 Å². The van der Waals surface area contributed by atoms with Crippen molar-refractivity contribution in [3.63, 3.8) is 0 Å². The molecule has 9 aromatic carbocycles. The topological polar surface area (TPSA) is 3.24 Å². The van der Waals surface area contributed by atoms with Gasteiger partial charge in [0.25, 0.3) is 0 Å². The zero-order valence-electron chi connectivity index (χ0n) is 36.0. The molecule has 0 aliphatic heterocycles. The predicted molar refractivity (Wildman–Crippen MR) is 263 cm³/mol. The quantitative estimate of drug-likeness (QED) is 0.105. The average Bonchev–Trinajstić information content (AvgIpc) is 3.34. The van der Waals surface area contributed by atoms with Crippen LogP contribution in [0.15, 0.2) is 212 Å². The monoisotopic (exact) mass is 789 g/mol. The van der Waals surface area contributed by atoms with Crippen molar-refractivity contribution < 1.29 is 0 Å². The van der Waals surface area contributed by atoms with Crippen molar-refractivity contribution in [2.45, 2.75) is 64.2 Å². The second kappa shape index (κ2) is 17.1. The summed E-state index contributed by atoms with van der Waals surface area (Å²) in [5.41, 5.74) is 13.6. The minimum Gasteiger partial charge on any atom is -0.311 e. The van der Waals surface area contributed by atoms with Gasteiger partial charge in [-0.15, -0.1) is 0 Å². The van der Waals surface area contributed by atoms with E-state index in [1.54, 1.807) is 0 Å². The van der Waals surface area contributed by atoms with Gasteiger partial charge in [0.05, 0.1) is 0 Å². The van der Waals surface area contributed by atoms with Gasteiger partial charge in [0.2, 0.25) is 0 Å². The maximum Gasteiger partial charge on any atom is 0.0461 e. The van der Waals surface area contributed by atoms with Crippen LogP contribution in [0.25, 0.3) is 43.8 Å². The molecule has 0 spiro atoms. The summed E-state index contributed by atoms with van der Waals surface area (Å²) in [5, 5.41) is 5.43. The van der Waals surface area contributed by atoms with Gasteiger partial charge in [-0.1, -0.05) is 198 Å². The normalized spacial score (nSPS) is 11.9. The van der Waals surface area contributed by atoms with E-state index in [0.717, 1.165) is 42.7 Å². The Bertz CT molecular complexity index is 2770. The highest BCUT2D eigenvalue weighted by atomic mass is 15.1. The molecule has 0 amide bonds. The number of fused-ring (bicyclic) bond motifs is 2. The Kier molecular flexibility index (Phi) is 11.2. The van der Waals surface area contributed by atoms with E-state index in [4.69, 9.17) is 0 Å². The van der Waals surface area contributed by atoms with Crippen LogP contribution in [0.5, 0.6) is 0 Å². The minimum absolute atomic E-state index is 0.223. The van der Waals surface area contributed by atoms with Crippen LogP contribution < -0.4 is 4.90 Å². The van der Waals surface area contributed by atoms with Gasteiger partial charge in [-0.25, -0.2) is 0 Å². The van der Waals surface area contributed by atoms with Crippen LogP contribution in [0.3, 0.4) is 0 Å². The van der Waals surface area contributed by atoms with Crippen molar-refractivity contribution in [2.75, 3.05) is 4.90 Å². The lowest BCUT2D eigenvalue weighted by Gasteiger charge is -2.40. The SMILES string of the molecule is CCC(CC)(c1ccc(N(c2ccccc2)c2ccccc2)cc1)c1c2ccccc2c(C(CC)(CC)c2ccc(-c3ccccc3)c(-c3ccccc3)c2)c2ccccc12. The van der Waals surface area contributed by atoms with Gasteiger partial charge >= 0.3 is 0 Å². The molecule has 0 unspecified atom stereocenters. The van der Waals surface area contributed by atoms with E-state index in [1.165, 1.54) is 66.1 Å². The molecule has 0 aromatic heterocycles. The molecule has 0 radical (unpaired) electrons. The van der Waals surface area contributed by atoms with Crippen molar-refractivity contribution in [3.8, 4) is 22.3 Å². The fraction of sp³-hybridized carbons (Fsp3) is 0.167. The van der Waals surface area contributed by atoms with Crippen molar-refractivity contribution in [1.82, 2.24) is 0 Å². The van der Waals surface area contributed by atoms with E-state index in [2.05, 4.69) is 245 Å². The average molecular weight is 790 g/mol. The summed E-state index contributed by atoms with van der Waals surface area (Å²) in [7, 11) is 0. The Labute approximate surface area is 363 Å².